The Hall–Kier alpha value is -1.06. The third-order valence-electron chi connectivity index (χ3n) is 6.64. The molecule has 3 atom stereocenters. The summed E-state index contributed by atoms with van der Waals surface area (Å²) in [6.07, 6.45) is 7.37. The van der Waals surface area contributed by atoms with E-state index in [2.05, 4.69) is 13.8 Å². The molecule has 116 valence electrons. The van der Waals surface area contributed by atoms with Crippen LogP contribution in [0.25, 0.3) is 0 Å². The highest BCUT2D eigenvalue weighted by Gasteiger charge is 2.63. The summed E-state index contributed by atoms with van der Waals surface area (Å²) in [6, 6.07) is 0. The molecule has 5 rings (SSSR count). The molecule has 0 aromatic carbocycles. The molecule has 1 saturated heterocycles. The van der Waals surface area contributed by atoms with Gasteiger partial charge in [0.25, 0.3) is 0 Å². The number of likely N-dealkylation sites (tertiary alicyclic amines) is 1. The van der Waals surface area contributed by atoms with Gasteiger partial charge in [0.1, 0.15) is 0 Å². The maximum atomic E-state index is 12.5. The van der Waals surface area contributed by atoms with E-state index in [1.54, 1.807) is 0 Å². The number of carboxylic acid groups (broad SMARTS) is 1. The summed E-state index contributed by atoms with van der Waals surface area (Å²) in [5, 5.41) is 9.25. The molecule has 5 aliphatic rings. The average Bonchev–Trinajstić information content (AvgIpc) is 2.67. The molecule has 0 spiro atoms. The van der Waals surface area contributed by atoms with E-state index < -0.39 is 11.9 Å². The highest BCUT2D eigenvalue weighted by Crippen LogP contribution is 2.68. The Morgan fingerprint density at radius 1 is 1.14 bits per heavy atom. The lowest BCUT2D eigenvalue weighted by Crippen LogP contribution is -2.65. The van der Waals surface area contributed by atoms with Crippen molar-refractivity contribution in [1.82, 2.24) is 4.90 Å². The zero-order chi connectivity index (χ0) is 15.0. The van der Waals surface area contributed by atoms with Gasteiger partial charge in [0.05, 0.1) is 5.92 Å². The van der Waals surface area contributed by atoms with Crippen molar-refractivity contribution in [2.45, 2.75) is 64.3 Å². The molecule has 5 fully saturated rings. The zero-order valence-electron chi connectivity index (χ0n) is 13.0. The van der Waals surface area contributed by atoms with Gasteiger partial charge in [0, 0.05) is 18.5 Å². The fourth-order valence-corrected chi connectivity index (χ4v) is 7.02. The van der Waals surface area contributed by atoms with Gasteiger partial charge in [-0.05, 0) is 55.3 Å². The Balaban J connectivity index is 1.68. The maximum Gasteiger partial charge on any atom is 0.308 e. The predicted molar refractivity (Wildman–Crippen MR) is 77.6 cm³/mol. The highest BCUT2D eigenvalue weighted by molar-refractivity contribution is 5.86. The van der Waals surface area contributed by atoms with Crippen molar-refractivity contribution in [1.29, 1.82) is 0 Å². The van der Waals surface area contributed by atoms with Gasteiger partial charge in [-0.3, -0.25) is 9.59 Å². The van der Waals surface area contributed by atoms with Crippen molar-refractivity contribution in [2.24, 2.45) is 22.7 Å². The minimum Gasteiger partial charge on any atom is -0.481 e. The van der Waals surface area contributed by atoms with Crippen LogP contribution < -0.4 is 0 Å². The molecule has 1 heterocycles. The Bertz CT molecular complexity index is 510. The van der Waals surface area contributed by atoms with Crippen LogP contribution in [0, 0.1) is 22.7 Å². The van der Waals surface area contributed by atoms with Crippen LogP contribution in [-0.2, 0) is 9.59 Å². The summed E-state index contributed by atoms with van der Waals surface area (Å²) in [7, 11) is 0. The van der Waals surface area contributed by atoms with Gasteiger partial charge < -0.3 is 10.0 Å². The molecule has 4 nitrogen and oxygen atoms in total. The van der Waals surface area contributed by atoms with Crippen molar-refractivity contribution in [3.63, 3.8) is 0 Å². The maximum absolute atomic E-state index is 12.5. The second kappa shape index (κ2) is 3.82. The number of carbonyl (C=O) groups excluding carboxylic acids is 1. The van der Waals surface area contributed by atoms with Crippen molar-refractivity contribution in [2.75, 3.05) is 6.54 Å². The van der Waals surface area contributed by atoms with Gasteiger partial charge in [-0.25, -0.2) is 0 Å². The number of amides is 1. The number of carboxylic acids is 1. The molecule has 1 aliphatic heterocycles. The Morgan fingerprint density at radius 2 is 1.76 bits per heavy atom. The molecule has 0 aromatic heterocycles. The van der Waals surface area contributed by atoms with Crippen LogP contribution in [-0.4, -0.2) is 34.0 Å². The Morgan fingerprint density at radius 3 is 2.24 bits per heavy atom. The van der Waals surface area contributed by atoms with Crippen LogP contribution in [0.15, 0.2) is 0 Å². The van der Waals surface area contributed by atoms with Crippen LogP contribution in [0.1, 0.15) is 58.8 Å². The lowest BCUT2D eigenvalue weighted by atomic mass is 9.42. The van der Waals surface area contributed by atoms with Gasteiger partial charge in [-0.15, -0.1) is 0 Å². The molecule has 1 amide bonds. The van der Waals surface area contributed by atoms with Gasteiger partial charge >= 0.3 is 5.97 Å². The summed E-state index contributed by atoms with van der Waals surface area (Å²) >= 11 is 0. The number of nitrogens with zero attached hydrogens (tertiary/aromatic N) is 1. The fraction of sp³-hybridized carbons (Fsp3) is 0.882. The number of hydrogen-bond donors (Lipinski definition) is 1. The van der Waals surface area contributed by atoms with Crippen LogP contribution >= 0.6 is 0 Å². The third-order valence-corrected chi connectivity index (χ3v) is 6.64. The second-order valence-corrected chi connectivity index (χ2v) is 9.10. The third kappa shape index (κ3) is 1.87. The van der Waals surface area contributed by atoms with Crippen LogP contribution in [0.2, 0.25) is 0 Å². The van der Waals surface area contributed by atoms with Crippen LogP contribution in [0.5, 0.6) is 0 Å². The highest BCUT2D eigenvalue weighted by atomic mass is 16.4. The molecular weight excluding hydrogens is 266 g/mol. The molecule has 1 N–H and O–H groups in total. The van der Waals surface area contributed by atoms with Crippen molar-refractivity contribution in [3.8, 4) is 0 Å². The quantitative estimate of drug-likeness (QED) is 0.851. The summed E-state index contributed by atoms with van der Waals surface area (Å²) < 4.78 is 0. The van der Waals surface area contributed by atoms with Crippen molar-refractivity contribution < 1.29 is 14.7 Å². The summed E-state index contributed by atoms with van der Waals surface area (Å²) in [5.74, 6) is -0.497. The second-order valence-electron chi connectivity index (χ2n) is 9.10. The van der Waals surface area contributed by atoms with Gasteiger partial charge in [-0.2, -0.15) is 0 Å². The van der Waals surface area contributed by atoms with Crippen LogP contribution in [0.4, 0.5) is 0 Å². The topological polar surface area (TPSA) is 57.6 Å². The van der Waals surface area contributed by atoms with E-state index in [9.17, 15) is 14.7 Å². The summed E-state index contributed by atoms with van der Waals surface area (Å²) in [5.41, 5.74) is 0.676. The molecule has 4 aliphatic carbocycles. The number of carbonyl (C=O) groups is 2. The summed E-state index contributed by atoms with van der Waals surface area (Å²) in [4.78, 5) is 25.7. The number of hydrogen-bond acceptors (Lipinski definition) is 2. The van der Waals surface area contributed by atoms with E-state index in [0.29, 0.717) is 17.4 Å². The van der Waals surface area contributed by atoms with E-state index in [0.717, 1.165) is 25.2 Å². The molecule has 0 radical (unpaired) electrons. The monoisotopic (exact) mass is 291 g/mol. The molecular formula is C17H25NO3. The van der Waals surface area contributed by atoms with Gasteiger partial charge in [0.15, 0.2) is 0 Å². The average molecular weight is 291 g/mol. The molecule has 4 heteroatoms. The molecule has 21 heavy (non-hydrogen) atoms. The largest absolute Gasteiger partial charge is 0.481 e. The predicted octanol–water partition coefficient (Wildman–Crippen LogP) is 2.67. The van der Waals surface area contributed by atoms with E-state index >= 15 is 0 Å². The first-order chi connectivity index (χ1) is 9.73. The Kier molecular flexibility index (Phi) is 2.47. The van der Waals surface area contributed by atoms with Gasteiger partial charge in [0.2, 0.25) is 5.91 Å². The molecule has 0 aromatic rings. The smallest absolute Gasteiger partial charge is 0.308 e. The standard InChI is InChI=1S/C17H25NO3/c1-15-4-11-5-16(2,8-15)10-17(6-11,9-15)18-7-12(14(20)21)3-13(18)19/h11-12H,3-10H2,1-2H3,(H,20,21)/t11?,12-,15-,16-,17?/m0/s1. The Labute approximate surface area is 125 Å². The van der Waals surface area contributed by atoms with E-state index in [1.165, 1.54) is 19.3 Å². The minimum atomic E-state index is -0.812. The fourth-order valence-electron chi connectivity index (χ4n) is 7.02. The SMILES string of the molecule is C[C@@]12CC3CC(N4C[C@@H](C(=O)O)CC4=O)(C1)C[C@@](C)(C3)C2. The lowest BCUT2D eigenvalue weighted by molar-refractivity contribution is -0.170. The molecule has 0 unspecified atom stereocenters. The lowest BCUT2D eigenvalue weighted by Gasteiger charge is -2.67. The summed E-state index contributed by atoms with van der Waals surface area (Å²) in [6.45, 7) is 5.21. The molecule has 4 bridgehead atoms. The van der Waals surface area contributed by atoms with E-state index in [1.807, 2.05) is 4.90 Å². The van der Waals surface area contributed by atoms with E-state index in [-0.39, 0.29) is 17.9 Å². The number of aliphatic carboxylic acids is 1. The van der Waals surface area contributed by atoms with Crippen molar-refractivity contribution in [3.05, 3.63) is 0 Å². The first-order valence-electron chi connectivity index (χ1n) is 8.26. The van der Waals surface area contributed by atoms with Crippen LogP contribution in [0.3, 0.4) is 0 Å². The van der Waals surface area contributed by atoms with Gasteiger partial charge in [-0.1, -0.05) is 13.8 Å². The first-order valence-corrected chi connectivity index (χ1v) is 8.26. The normalized spacial score (nSPS) is 51.7. The first kappa shape index (κ1) is 13.6. The van der Waals surface area contributed by atoms with E-state index in [4.69, 9.17) is 0 Å². The molecule has 4 saturated carbocycles. The van der Waals surface area contributed by atoms with Crippen molar-refractivity contribution >= 4 is 11.9 Å². The zero-order valence-corrected chi connectivity index (χ0v) is 13.0. The minimum absolute atomic E-state index is 0.0375. The number of rotatable bonds is 2.